The molecule has 0 radical (unpaired) electrons. The monoisotopic (exact) mass is 329 g/mol. The van der Waals surface area contributed by atoms with E-state index in [1.807, 2.05) is 30.3 Å². The van der Waals surface area contributed by atoms with Crippen molar-refractivity contribution in [3.05, 3.63) is 58.6 Å². The standard InChI is InChI=1S/C17H19N3O4/c18-14-8-9-20(17(22)19-14)15-7-6-13(24-15)11-23-16(21)10-12-4-2-1-3-5-12/h1-5,8-9,13,15H,6-7,10-11H2,(H2,18,19,22)/t13-,15+/m0/s1. The van der Waals surface area contributed by atoms with Crippen molar-refractivity contribution < 1.29 is 14.3 Å². The largest absolute Gasteiger partial charge is 0.463 e. The first-order valence-electron chi connectivity index (χ1n) is 7.81. The maximum Gasteiger partial charge on any atom is 0.351 e. The molecule has 7 heteroatoms. The van der Waals surface area contributed by atoms with E-state index < -0.39 is 11.9 Å². The fourth-order valence-electron chi connectivity index (χ4n) is 2.66. The first kappa shape index (κ1) is 16.2. The van der Waals surface area contributed by atoms with Gasteiger partial charge in [-0.15, -0.1) is 0 Å². The van der Waals surface area contributed by atoms with Gasteiger partial charge in [-0.2, -0.15) is 4.98 Å². The van der Waals surface area contributed by atoms with E-state index in [9.17, 15) is 9.59 Å². The molecule has 7 nitrogen and oxygen atoms in total. The molecule has 2 atom stereocenters. The number of rotatable bonds is 5. The van der Waals surface area contributed by atoms with Crippen molar-refractivity contribution in [1.29, 1.82) is 0 Å². The van der Waals surface area contributed by atoms with Crippen molar-refractivity contribution in [2.75, 3.05) is 12.3 Å². The lowest BCUT2D eigenvalue weighted by Crippen LogP contribution is -2.28. The summed E-state index contributed by atoms with van der Waals surface area (Å²) in [6.07, 6.45) is 2.55. The number of benzene rings is 1. The maximum atomic E-state index is 11.9. The van der Waals surface area contributed by atoms with Crippen LogP contribution in [0.4, 0.5) is 5.82 Å². The molecule has 2 heterocycles. The van der Waals surface area contributed by atoms with Crippen molar-refractivity contribution in [3.63, 3.8) is 0 Å². The van der Waals surface area contributed by atoms with E-state index in [4.69, 9.17) is 15.2 Å². The van der Waals surface area contributed by atoms with Gasteiger partial charge < -0.3 is 15.2 Å². The molecule has 1 aromatic heterocycles. The molecule has 0 unspecified atom stereocenters. The van der Waals surface area contributed by atoms with Gasteiger partial charge in [0.05, 0.1) is 12.5 Å². The van der Waals surface area contributed by atoms with Crippen LogP contribution in [0.15, 0.2) is 47.4 Å². The zero-order chi connectivity index (χ0) is 16.9. The molecule has 3 rings (SSSR count). The number of nitrogen functional groups attached to an aromatic ring is 1. The lowest BCUT2D eigenvalue weighted by atomic mass is 10.1. The molecule has 0 spiro atoms. The Labute approximate surface area is 139 Å². The van der Waals surface area contributed by atoms with Crippen LogP contribution in [0.25, 0.3) is 0 Å². The molecular weight excluding hydrogens is 310 g/mol. The molecule has 1 aliphatic rings. The molecule has 2 aromatic rings. The van der Waals surface area contributed by atoms with Crippen molar-refractivity contribution >= 4 is 11.8 Å². The number of nitrogens with two attached hydrogens (primary N) is 1. The maximum absolute atomic E-state index is 11.9. The second-order valence-corrected chi connectivity index (χ2v) is 5.68. The van der Waals surface area contributed by atoms with Crippen LogP contribution in [-0.2, 0) is 20.7 Å². The smallest absolute Gasteiger partial charge is 0.351 e. The quantitative estimate of drug-likeness (QED) is 0.830. The molecule has 1 aliphatic heterocycles. The van der Waals surface area contributed by atoms with Crippen molar-refractivity contribution in [2.45, 2.75) is 31.6 Å². The summed E-state index contributed by atoms with van der Waals surface area (Å²) in [6.45, 7) is 0.180. The Kier molecular flexibility index (Phi) is 4.90. The van der Waals surface area contributed by atoms with Crippen molar-refractivity contribution in [3.8, 4) is 0 Å². The molecule has 1 aromatic carbocycles. The highest BCUT2D eigenvalue weighted by Gasteiger charge is 2.28. The third-order valence-electron chi connectivity index (χ3n) is 3.87. The summed E-state index contributed by atoms with van der Waals surface area (Å²) in [5, 5.41) is 0. The third-order valence-corrected chi connectivity index (χ3v) is 3.87. The molecule has 0 bridgehead atoms. The summed E-state index contributed by atoms with van der Waals surface area (Å²) in [6, 6.07) is 11.0. The molecule has 0 amide bonds. The fraction of sp³-hybridized carbons (Fsp3) is 0.353. The van der Waals surface area contributed by atoms with E-state index in [2.05, 4.69) is 4.98 Å². The number of ether oxygens (including phenoxy) is 2. The summed E-state index contributed by atoms with van der Waals surface area (Å²) in [5.74, 6) is -0.111. The number of carbonyl (C=O) groups is 1. The predicted molar refractivity (Wildman–Crippen MR) is 87.2 cm³/mol. The van der Waals surface area contributed by atoms with Gasteiger partial charge in [0, 0.05) is 6.20 Å². The number of aromatic nitrogens is 2. The van der Waals surface area contributed by atoms with E-state index >= 15 is 0 Å². The van der Waals surface area contributed by atoms with Crippen LogP contribution in [-0.4, -0.2) is 28.2 Å². The van der Waals surface area contributed by atoms with Gasteiger partial charge in [-0.3, -0.25) is 9.36 Å². The molecular formula is C17H19N3O4. The van der Waals surface area contributed by atoms with Crippen LogP contribution >= 0.6 is 0 Å². The zero-order valence-corrected chi connectivity index (χ0v) is 13.1. The Morgan fingerprint density at radius 2 is 2.08 bits per heavy atom. The predicted octanol–water partition coefficient (Wildman–Crippen LogP) is 1.29. The van der Waals surface area contributed by atoms with Crippen molar-refractivity contribution in [1.82, 2.24) is 9.55 Å². The SMILES string of the molecule is Nc1ccn([C@H]2CC[C@@H](COC(=O)Cc3ccccc3)O2)c(=O)n1. The van der Waals surface area contributed by atoms with Gasteiger partial charge in [0.2, 0.25) is 0 Å². The molecule has 0 saturated carbocycles. The van der Waals surface area contributed by atoms with Crippen molar-refractivity contribution in [2.24, 2.45) is 0 Å². The van der Waals surface area contributed by atoms with Crippen LogP contribution in [0.2, 0.25) is 0 Å². The zero-order valence-electron chi connectivity index (χ0n) is 13.1. The molecule has 126 valence electrons. The van der Waals surface area contributed by atoms with E-state index in [1.165, 1.54) is 4.57 Å². The van der Waals surface area contributed by atoms with Gasteiger partial charge in [-0.25, -0.2) is 4.79 Å². The van der Waals surface area contributed by atoms with Crippen LogP contribution < -0.4 is 11.4 Å². The summed E-state index contributed by atoms with van der Waals surface area (Å²) >= 11 is 0. The van der Waals surface area contributed by atoms with E-state index in [0.29, 0.717) is 12.8 Å². The van der Waals surface area contributed by atoms with Gasteiger partial charge in [-0.05, 0) is 24.5 Å². The highest BCUT2D eigenvalue weighted by atomic mass is 16.6. The number of hydrogen-bond acceptors (Lipinski definition) is 6. The number of anilines is 1. The Morgan fingerprint density at radius 3 is 2.83 bits per heavy atom. The summed E-state index contributed by atoms with van der Waals surface area (Å²) < 4.78 is 12.5. The molecule has 1 saturated heterocycles. The van der Waals surface area contributed by atoms with Gasteiger partial charge in [0.25, 0.3) is 0 Å². The Hall–Kier alpha value is -2.67. The summed E-state index contributed by atoms with van der Waals surface area (Å²) in [5.41, 5.74) is 5.94. The molecule has 24 heavy (non-hydrogen) atoms. The summed E-state index contributed by atoms with van der Waals surface area (Å²) in [4.78, 5) is 27.3. The van der Waals surface area contributed by atoms with Crippen LogP contribution in [0, 0.1) is 0 Å². The molecule has 1 fully saturated rings. The number of hydrogen-bond donors (Lipinski definition) is 1. The Balaban J connectivity index is 1.49. The first-order valence-corrected chi connectivity index (χ1v) is 7.81. The van der Waals surface area contributed by atoms with Gasteiger partial charge in [0.1, 0.15) is 18.7 Å². The van der Waals surface area contributed by atoms with E-state index in [1.54, 1.807) is 12.3 Å². The highest BCUT2D eigenvalue weighted by molar-refractivity contribution is 5.72. The number of esters is 1. The Morgan fingerprint density at radius 1 is 1.29 bits per heavy atom. The van der Waals surface area contributed by atoms with E-state index in [0.717, 1.165) is 5.56 Å². The van der Waals surface area contributed by atoms with Gasteiger partial charge in [-0.1, -0.05) is 30.3 Å². The first-order chi connectivity index (χ1) is 11.6. The number of nitrogens with zero attached hydrogens (tertiary/aromatic N) is 2. The Bertz CT molecular complexity index is 760. The summed E-state index contributed by atoms with van der Waals surface area (Å²) in [7, 11) is 0. The average molecular weight is 329 g/mol. The lowest BCUT2D eigenvalue weighted by Gasteiger charge is -2.15. The number of carbonyl (C=O) groups excluding carboxylic acids is 1. The highest BCUT2D eigenvalue weighted by Crippen LogP contribution is 2.27. The van der Waals surface area contributed by atoms with Crippen LogP contribution in [0.5, 0.6) is 0 Å². The second kappa shape index (κ2) is 7.27. The molecule has 2 N–H and O–H groups in total. The normalized spacial score (nSPS) is 20.0. The minimum Gasteiger partial charge on any atom is -0.463 e. The average Bonchev–Trinajstić information content (AvgIpc) is 3.02. The second-order valence-electron chi connectivity index (χ2n) is 5.68. The van der Waals surface area contributed by atoms with E-state index in [-0.39, 0.29) is 30.9 Å². The van der Waals surface area contributed by atoms with Gasteiger partial charge in [0.15, 0.2) is 0 Å². The topological polar surface area (TPSA) is 96.4 Å². The van der Waals surface area contributed by atoms with Crippen LogP contribution in [0.1, 0.15) is 24.6 Å². The minimum atomic E-state index is -0.443. The fourth-order valence-corrected chi connectivity index (χ4v) is 2.66. The lowest BCUT2D eigenvalue weighted by molar-refractivity contribution is -0.147. The van der Waals surface area contributed by atoms with Gasteiger partial charge >= 0.3 is 11.7 Å². The van der Waals surface area contributed by atoms with Crippen LogP contribution in [0.3, 0.4) is 0 Å². The minimum absolute atomic E-state index is 0.180. The molecule has 0 aliphatic carbocycles. The third kappa shape index (κ3) is 3.99.